The van der Waals surface area contributed by atoms with Crippen LogP contribution in [0.15, 0.2) is 0 Å². The minimum absolute atomic E-state index is 0.0739. The van der Waals surface area contributed by atoms with Gasteiger partial charge in [0.05, 0.1) is 23.9 Å². The van der Waals surface area contributed by atoms with Crippen molar-refractivity contribution in [3.63, 3.8) is 0 Å². The molecular weight excluding hydrogens is 341 g/mol. The third kappa shape index (κ3) is 4.82. The summed E-state index contributed by atoms with van der Waals surface area (Å²) in [5.74, 6) is 0. The molecule has 2 unspecified atom stereocenters. The van der Waals surface area contributed by atoms with Gasteiger partial charge in [0.1, 0.15) is 0 Å². The number of hydrogen-bond acceptors (Lipinski definition) is 2. The van der Waals surface area contributed by atoms with Gasteiger partial charge in [-0.3, -0.25) is 0 Å². The Morgan fingerprint density at radius 2 is 1.32 bits per heavy atom. The second-order valence-corrected chi connectivity index (χ2v) is 7.43. The van der Waals surface area contributed by atoms with Crippen molar-refractivity contribution in [2.75, 3.05) is 13.1 Å². The van der Waals surface area contributed by atoms with Gasteiger partial charge in [0.2, 0.25) is 0 Å². The largest absolute Gasteiger partial charge is 0.404 e. The van der Waals surface area contributed by atoms with Crippen molar-refractivity contribution < 1.29 is 40.7 Å². The summed E-state index contributed by atoms with van der Waals surface area (Å²) in [5, 5.41) is 2.43. The lowest BCUT2D eigenvalue weighted by Gasteiger charge is -2.55. The molecule has 1 aliphatic rings. The van der Waals surface area contributed by atoms with Crippen LogP contribution in [0.3, 0.4) is 0 Å². The SMILES string of the molecule is CC1(CC(F)(F)F)CNCC(C)(CC(F)(F)F)N1P(=O)(O)O. The monoisotopic (exact) mass is 358 g/mol. The fourth-order valence-corrected chi connectivity index (χ4v) is 4.71. The molecule has 22 heavy (non-hydrogen) atoms. The first-order valence-corrected chi connectivity index (χ1v) is 7.76. The topological polar surface area (TPSA) is 72.8 Å². The van der Waals surface area contributed by atoms with Crippen LogP contribution in [-0.2, 0) is 4.57 Å². The van der Waals surface area contributed by atoms with E-state index >= 15 is 0 Å². The molecular formula is C10H17F6N2O3P. The van der Waals surface area contributed by atoms with Crippen molar-refractivity contribution in [3.8, 4) is 0 Å². The third-order valence-corrected chi connectivity index (χ3v) is 4.94. The Hall–Kier alpha value is -0.350. The van der Waals surface area contributed by atoms with Crippen LogP contribution < -0.4 is 5.32 Å². The first-order valence-electron chi connectivity index (χ1n) is 6.19. The molecule has 0 aromatic heterocycles. The number of alkyl halides is 6. The summed E-state index contributed by atoms with van der Waals surface area (Å²) in [7, 11) is -5.36. The van der Waals surface area contributed by atoms with E-state index in [1.54, 1.807) is 0 Å². The Labute approximate surface area is 122 Å². The van der Waals surface area contributed by atoms with Gasteiger partial charge in [-0.05, 0) is 13.8 Å². The molecule has 0 bridgehead atoms. The highest BCUT2D eigenvalue weighted by atomic mass is 31.2. The molecule has 1 saturated heterocycles. The van der Waals surface area contributed by atoms with Gasteiger partial charge in [-0.1, -0.05) is 0 Å². The normalized spacial score (nSPS) is 32.3. The maximum absolute atomic E-state index is 12.7. The number of hydrogen-bond donors (Lipinski definition) is 3. The molecule has 0 saturated carbocycles. The van der Waals surface area contributed by atoms with Crippen LogP contribution in [0.1, 0.15) is 26.7 Å². The average molecular weight is 358 g/mol. The standard InChI is InChI=1S/C10H17F6N2O3P/c1-7(3-9(11,12)13)5-17-6-8(2,4-10(14,15)16)18(7)22(19,20)21/h17H,3-6H2,1-2H3,(H2,19,20,21). The summed E-state index contributed by atoms with van der Waals surface area (Å²) in [6.45, 7) is 0.789. The molecule has 3 N–H and O–H groups in total. The highest BCUT2D eigenvalue weighted by Gasteiger charge is 2.59. The summed E-state index contributed by atoms with van der Waals surface area (Å²) in [6, 6.07) is 0. The highest BCUT2D eigenvalue weighted by molar-refractivity contribution is 7.49. The number of halogens is 6. The van der Waals surface area contributed by atoms with E-state index in [-0.39, 0.29) is 4.67 Å². The van der Waals surface area contributed by atoms with Crippen molar-refractivity contribution in [2.24, 2.45) is 0 Å². The molecule has 2 atom stereocenters. The summed E-state index contributed by atoms with van der Waals surface area (Å²) >= 11 is 0. The highest BCUT2D eigenvalue weighted by Crippen LogP contribution is 2.55. The van der Waals surface area contributed by atoms with Gasteiger partial charge in [0, 0.05) is 13.1 Å². The van der Waals surface area contributed by atoms with E-state index in [9.17, 15) is 40.7 Å². The second-order valence-electron chi connectivity index (χ2n) is 6.01. The molecule has 1 heterocycles. The van der Waals surface area contributed by atoms with Gasteiger partial charge >= 0.3 is 20.1 Å². The molecule has 5 nitrogen and oxygen atoms in total. The quantitative estimate of drug-likeness (QED) is 0.534. The third-order valence-electron chi connectivity index (χ3n) is 3.46. The predicted octanol–water partition coefficient (Wildman–Crippen LogP) is 2.41. The Kier molecular flexibility index (Phi) is 5.04. The Balaban J connectivity index is 3.32. The number of nitrogens with one attached hydrogen (secondary N) is 1. The van der Waals surface area contributed by atoms with E-state index in [1.165, 1.54) is 0 Å². The van der Waals surface area contributed by atoms with Crippen molar-refractivity contribution in [3.05, 3.63) is 0 Å². The number of nitrogens with zero attached hydrogens (tertiary/aromatic N) is 1. The number of piperazine rings is 1. The van der Waals surface area contributed by atoms with E-state index in [0.717, 1.165) is 13.8 Å². The van der Waals surface area contributed by atoms with Gasteiger partial charge in [-0.2, -0.15) is 31.0 Å². The van der Waals surface area contributed by atoms with Crippen molar-refractivity contribution in [2.45, 2.75) is 50.1 Å². The first kappa shape index (κ1) is 19.7. The summed E-state index contributed by atoms with van der Waals surface area (Å²) in [4.78, 5) is 18.8. The fraction of sp³-hybridized carbons (Fsp3) is 1.00. The van der Waals surface area contributed by atoms with Crippen LogP contribution in [0, 0.1) is 0 Å². The van der Waals surface area contributed by atoms with E-state index in [2.05, 4.69) is 5.32 Å². The summed E-state index contributed by atoms with van der Waals surface area (Å²) in [6.07, 6.45) is -12.9. The molecule has 12 heteroatoms. The van der Waals surface area contributed by atoms with Gasteiger partial charge in [0.25, 0.3) is 0 Å². The van der Waals surface area contributed by atoms with E-state index in [4.69, 9.17) is 0 Å². The number of rotatable bonds is 3. The van der Waals surface area contributed by atoms with E-state index in [1.807, 2.05) is 0 Å². The van der Waals surface area contributed by atoms with Crippen LogP contribution in [0.25, 0.3) is 0 Å². The lowest BCUT2D eigenvalue weighted by molar-refractivity contribution is -0.185. The maximum atomic E-state index is 12.7. The fourth-order valence-electron chi connectivity index (χ4n) is 3.17. The van der Waals surface area contributed by atoms with Crippen LogP contribution in [0.4, 0.5) is 26.3 Å². The van der Waals surface area contributed by atoms with Crippen LogP contribution in [0.5, 0.6) is 0 Å². The molecule has 1 aliphatic heterocycles. The van der Waals surface area contributed by atoms with Crippen LogP contribution in [-0.4, -0.2) is 51.0 Å². The summed E-state index contributed by atoms with van der Waals surface area (Å²) < 4.78 is 88.0. The first-order chi connectivity index (χ1) is 9.49. The Bertz CT molecular complexity index is 435. The minimum Gasteiger partial charge on any atom is -0.313 e. The predicted molar refractivity (Wildman–Crippen MR) is 64.9 cm³/mol. The van der Waals surface area contributed by atoms with Gasteiger partial charge in [-0.15, -0.1) is 0 Å². The Morgan fingerprint density at radius 1 is 1.00 bits per heavy atom. The van der Waals surface area contributed by atoms with Gasteiger partial charge < -0.3 is 15.1 Å². The molecule has 1 fully saturated rings. The molecule has 132 valence electrons. The Morgan fingerprint density at radius 3 is 1.55 bits per heavy atom. The zero-order valence-corrected chi connectivity index (χ0v) is 12.7. The molecule has 1 rings (SSSR count). The van der Waals surface area contributed by atoms with Crippen molar-refractivity contribution in [1.29, 1.82) is 0 Å². The van der Waals surface area contributed by atoms with Crippen molar-refractivity contribution >= 4 is 7.75 Å². The lowest BCUT2D eigenvalue weighted by atomic mass is 9.85. The van der Waals surface area contributed by atoms with Gasteiger partial charge in [-0.25, -0.2) is 4.57 Å². The minimum atomic E-state index is -5.36. The molecule has 0 aliphatic carbocycles. The lowest BCUT2D eigenvalue weighted by Crippen LogP contribution is -2.69. The smallest absolute Gasteiger partial charge is 0.313 e. The average Bonchev–Trinajstić information content (AvgIpc) is 2.04. The summed E-state index contributed by atoms with van der Waals surface area (Å²) in [5.41, 5.74) is -4.40. The zero-order valence-electron chi connectivity index (χ0n) is 11.8. The molecule has 0 spiro atoms. The maximum Gasteiger partial charge on any atom is 0.404 e. The molecule has 0 aromatic rings. The van der Waals surface area contributed by atoms with E-state index < -0.39 is 57.1 Å². The van der Waals surface area contributed by atoms with Crippen molar-refractivity contribution in [1.82, 2.24) is 9.99 Å². The van der Waals surface area contributed by atoms with Crippen LogP contribution in [0.2, 0.25) is 0 Å². The zero-order chi connectivity index (χ0) is 17.6. The van der Waals surface area contributed by atoms with Crippen LogP contribution >= 0.6 is 7.75 Å². The second kappa shape index (κ2) is 5.62. The molecule has 0 amide bonds. The van der Waals surface area contributed by atoms with E-state index in [0.29, 0.717) is 0 Å². The van der Waals surface area contributed by atoms with Gasteiger partial charge in [0.15, 0.2) is 0 Å². The molecule has 0 radical (unpaired) electrons. The molecule has 0 aromatic carbocycles.